The van der Waals surface area contributed by atoms with Crippen molar-refractivity contribution in [1.29, 1.82) is 0 Å². The van der Waals surface area contributed by atoms with E-state index < -0.39 is 0 Å². The Morgan fingerprint density at radius 1 is 1.29 bits per heavy atom. The van der Waals surface area contributed by atoms with E-state index in [-0.39, 0.29) is 5.82 Å². The molecule has 3 nitrogen and oxygen atoms in total. The minimum atomic E-state index is -0.149. The second-order valence-electron chi connectivity index (χ2n) is 6.43. The largest absolute Gasteiger partial charge is 0.361 e. The van der Waals surface area contributed by atoms with E-state index in [0.29, 0.717) is 11.8 Å². The summed E-state index contributed by atoms with van der Waals surface area (Å²) in [5.41, 5.74) is 2.38. The van der Waals surface area contributed by atoms with Crippen LogP contribution in [0.1, 0.15) is 35.3 Å². The molecule has 0 bridgehead atoms. The molecule has 0 amide bonds. The van der Waals surface area contributed by atoms with Gasteiger partial charge in [-0.15, -0.1) is 0 Å². The summed E-state index contributed by atoms with van der Waals surface area (Å²) in [6, 6.07) is 9.03. The number of hydrogen-bond donors (Lipinski definition) is 0. The zero-order chi connectivity index (χ0) is 14.4. The van der Waals surface area contributed by atoms with Crippen molar-refractivity contribution in [3.8, 4) is 0 Å². The van der Waals surface area contributed by atoms with Crippen LogP contribution in [-0.2, 0) is 0 Å². The number of halogens is 1. The smallest absolute Gasteiger partial charge is 0.133 e. The molecule has 0 N–H and O–H groups in total. The average Bonchev–Trinajstić information content (AvgIpc) is 3.07. The van der Waals surface area contributed by atoms with Crippen molar-refractivity contribution in [3.63, 3.8) is 0 Å². The van der Waals surface area contributed by atoms with Crippen LogP contribution in [0.3, 0.4) is 0 Å². The molecule has 2 fully saturated rings. The zero-order valence-electron chi connectivity index (χ0n) is 12.1. The minimum absolute atomic E-state index is 0.149. The molecule has 1 saturated carbocycles. The monoisotopic (exact) mass is 286 g/mol. The van der Waals surface area contributed by atoms with Crippen molar-refractivity contribution in [3.05, 3.63) is 53.2 Å². The number of likely N-dealkylation sites (tertiary alicyclic amines) is 1. The van der Waals surface area contributed by atoms with Crippen LogP contribution < -0.4 is 0 Å². The van der Waals surface area contributed by atoms with E-state index in [1.165, 1.54) is 12.0 Å². The van der Waals surface area contributed by atoms with Gasteiger partial charge in [0.15, 0.2) is 0 Å². The number of benzene rings is 1. The van der Waals surface area contributed by atoms with Gasteiger partial charge >= 0.3 is 0 Å². The maximum Gasteiger partial charge on any atom is 0.133 e. The molecule has 1 aromatic carbocycles. The summed E-state index contributed by atoms with van der Waals surface area (Å²) in [6.07, 6.45) is 1.23. The SMILES string of the molecule is Cc1cc(C2CN(CC3CC3c3ccc(F)cc3)C2)no1. The second kappa shape index (κ2) is 4.95. The van der Waals surface area contributed by atoms with Crippen molar-refractivity contribution in [1.82, 2.24) is 10.1 Å². The summed E-state index contributed by atoms with van der Waals surface area (Å²) >= 11 is 0. The standard InChI is InChI=1S/C17H19FN2O/c1-11-6-17(19-21-11)14-9-20(10-14)8-13-7-16(13)12-2-4-15(18)5-3-12/h2-6,13-14,16H,7-10H2,1H3. The molecule has 110 valence electrons. The Balaban J connectivity index is 1.27. The first-order chi connectivity index (χ1) is 10.2. The van der Waals surface area contributed by atoms with Gasteiger partial charge in [0.05, 0.1) is 5.69 Å². The molecule has 0 spiro atoms. The van der Waals surface area contributed by atoms with Crippen molar-refractivity contribution in [2.24, 2.45) is 5.92 Å². The predicted molar refractivity (Wildman–Crippen MR) is 77.7 cm³/mol. The molecule has 1 saturated heterocycles. The van der Waals surface area contributed by atoms with E-state index in [4.69, 9.17) is 4.52 Å². The summed E-state index contributed by atoms with van der Waals surface area (Å²) < 4.78 is 18.1. The normalized spacial score (nSPS) is 25.8. The molecule has 4 heteroatoms. The summed E-state index contributed by atoms with van der Waals surface area (Å²) in [5, 5.41) is 4.10. The zero-order valence-corrected chi connectivity index (χ0v) is 12.1. The fourth-order valence-corrected chi connectivity index (χ4v) is 3.38. The Morgan fingerprint density at radius 2 is 2.05 bits per heavy atom. The van der Waals surface area contributed by atoms with Gasteiger partial charge in [0.1, 0.15) is 11.6 Å². The lowest BCUT2D eigenvalue weighted by atomic mass is 9.95. The number of aryl methyl sites for hydroxylation is 1. The highest BCUT2D eigenvalue weighted by Crippen LogP contribution is 2.48. The summed E-state index contributed by atoms with van der Waals surface area (Å²) in [7, 11) is 0. The van der Waals surface area contributed by atoms with Crippen molar-refractivity contribution in [2.75, 3.05) is 19.6 Å². The second-order valence-corrected chi connectivity index (χ2v) is 6.43. The maximum atomic E-state index is 12.9. The van der Waals surface area contributed by atoms with Gasteiger partial charge in [0.2, 0.25) is 0 Å². The minimum Gasteiger partial charge on any atom is -0.361 e. The lowest BCUT2D eigenvalue weighted by molar-refractivity contribution is 0.136. The van der Waals surface area contributed by atoms with Crippen LogP contribution in [-0.4, -0.2) is 29.7 Å². The van der Waals surface area contributed by atoms with E-state index in [1.54, 1.807) is 12.1 Å². The van der Waals surface area contributed by atoms with Crippen LogP contribution in [0.5, 0.6) is 0 Å². The molecular formula is C17H19FN2O. The van der Waals surface area contributed by atoms with Crippen LogP contribution >= 0.6 is 0 Å². The molecule has 0 radical (unpaired) electrons. The molecule has 4 rings (SSSR count). The van der Waals surface area contributed by atoms with Crippen LogP contribution in [0.15, 0.2) is 34.9 Å². The molecule has 2 aromatic rings. The first kappa shape index (κ1) is 13.0. The van der Waals surface area contributed by atoms with Crippen molar-refractivity contribution in [2.45, 2.75) is 25.2 Å². The van der Waals surface area contributed by atoms with Gasteiger partial charge in [-0.05, 0) is 42.9 Å². The van der Waals surface area contributed by atoms with E-state index in [1.807, 2.05) is 25.1 Å². The molecule has 1 aliphatic carbocycles. The lowest BCUT2D eigenvalue weighted by Gasteiger charge is -2.38. The first-order valence-electron chi connectivity index (χ1n) is 7.60. The topological polar surface area (TPSA) is 29.3 Å². The maximum absolute atomic E-state index is 12.9. The van der Waals surface area contributed by atoms with Crippen molar-refractivity contribution >= 4 is 0 Å². The molecule has 1 aromatic heterocycles. The highest BCUT2D eigenvalue weighted by atomic mass is 19.1. The Hall–Kier alpha value is -1.68. The molecule has 21 heavy (non-hydrogen) atoms. The number of nitrogens with zero attached hydrogens (tertiary/aromatic N) is 2. The summed E-state index contributed by atoms with van der Waals surface area (Å²) in [4.78, 5) is 2.49. The van der Waals surface area contributed by atoms with Gasteiger partial charge in [-0.3, -0.25) is 0 Å². The van der Waals surface area contributed by atoms with Crippen LogP contribution in [0, 0.1) is 18.7 Å². The predicted octanol–water partition coefficient (Wildman–Crippen LogP) is 3.33. The fourth-order valence-electron chi connectivity index (χ4n) is 3.38. The Bertz CT molecular complexity index is 630. The van der Waals surface area contributed by atoms with Gasteiger partial charge in [-0.25, -0.2) is 4.39 Å². The van der Waals surface area contributed by atoms with Gasteiger partial charge in [0.25, 0.3) is 0 Å². The lowest BCUT2D eigenvalue weighted by Crippen LogP contribution is -2.46. The Kier molecular flexibility index (Phi) is 3.07. The third kappa shape index (κ3) is 2.60. The van der Waals surface area contributed by atoms with Crippen LogP contribution in [0.2, 0.25) is 0 Å². The molecule has 2 aliphatic rings. The quantitative estimate of drug-likeness (QED) is 0.863. The number of rotatable bonds is 4. The molecular weight excluding hydrogens is 267 g/mol. The van der Waals surface area contributed by atoms with E-state index in [0.717, 1.165) is 37.0 Å². The number of aromatic nitrogens is 1. The highest BCUT2D eigenvalue weighted by Gasteiger charge is 2.42. The first-order valence-corrected chi connectivity index (χ1v) is 7.60. The van der Waals surface area contributed by atoms with Crippen LogP contribution in [0.4, 0.5) is 4.39 Å². The van der Waals surface area contributed by atoms with Gasteiger partial charge in [-0.1, -0.05) is 17.3 Å². The Morgan fingerprint density at radius 3 is 2.71 bits per heavy atom. The van der Waals surface area contributed by atoms with Gasteiger partial charge in [-0.2, -0.15) is 0 Å². The molecule has 2 unspecified atom stereocenters. The fraction of sp³-hybridized carbons (Fsp3) is 0.471. The van der Waals surface area contributed by atoms with Gasteiger partial charge in [0, 0.05) is 31.6 Å². The third-order valence-electron chi connectivity index (χ3n) is 4.74. The Labute approximate surface area is 123 Å². The van der Waals surface area contributed by atoms with Gasteiger partial charge < -0.3 is 9.42 Å². The molecule has 2 atom stereocenters. The summed E-state index contributed by atoms with van der Waals surface area (Å²) in [5.74, 6) is 2.63. The van der Waals surface area contributed by atoms with E-state index in [2.05, 4.69) is 10.1 Å². The number of hydrogen-bond acceptors (Lipinski definition) is 3. The van der Waals surface area contributed by atoms with E-state index in [9.17, 15) is 4.39 Å². The van der Waals surface area contributed by atoms with E-state index >= 15 is 0 Å². The van der Waals surface area contributed by atoms with Crippen molar-refractivity contribution < 1.29 is 8.91 Å². The average molecular weight is 286 g/mol. The third-order valence-corrected chi connectivity index (χ3v) is 4.74. The van der Waals surface area contributed by atoms with Crippen LogP contribution in [0.25, 0.3) is 0 Å². The highest BCUT2D eigenvalue weighted by molar-refractivity contribution is 5.26. The summed E-state index contributed by atoms with van der Waals surface area (Å²) in [6.45, 7) is 5.25. The molecule has 2 heterocycles. The molecule has 1 aliphatic heterocycles.